The Labute approximate surface area is 173 Å². The summed E-state index contributed by atoms with van der Waals surface area (Å²) in [7, 11) is 0. The van der Waals surface area contributed by atoms with E-state index in [2.05, 4.69) is 0 Å². The average Bonchev–Trinajstić information content (AvgIpc) is 2.95. The summed E-state index contributed by atoms with van der Waals surface area (Å²) in [5.74, 6) is -0.265. The van der Waals surface area contributed by atoms with Crippen LogP contribution in [0.25, 0.3) is 0 Å². The largest absolute Gasteiger partial charge is 0.444 e. The van der Waals surface area contributed by atoms with Crippen molar-refractivity contribution >= 4 is 12.0 Å². The smallest absolute Gasteiger partial charge is 0.410 e. The van der Waals surface area contributed by atoms with Crippen molar-refractivity contribution in [1.29, 1.82) is 0 Å². The molecule has 29 heavy (non-hydrogen) atoms. The summed E-state index contributed by atoms with van der Waals surface area (Å²) in [4.78, 5) is 29.6. The fourth-order valence-corrected chi connectivity index (χ4v) is 3.60. The van der Waals surface area contributed by atoms with Crippen molar-refractivity contribution in [3.63, 3.8) is 0 Å². The van der Waals surface area contributed by atoms with E-state index in [1.165, 1.54) is 0 Å². The second-order valence-corrected chi connectivity index (χ2v) is 8.40. The minimum Gasteiger partial charge on any atom is -0.444 e. The number of carbonyl (C=O) groups is 2. The van der Waals surface area contributed by atoms with Crippen molar-refractivity contribution in [3.05, 3.63) is 71.8 Å². The van der Waals surface area contributed by atoms with E-state index in [9.17, 15) is 9.59 Å². The van der Waals surface area contributed by atoms with Crippen molar-refractivity contribution < 1.29 is 14.3 Å². The van der Waals surface area contributed by atoms with Crippen molar-refractivity contribution in [3.8, 4) is 0 Å². The average molecular weight is 395 g/mol. The van der Waals surface area contributed by atoms with E-state index in [0.717, 1.165) is 17.5 Å². The minimum atomic E-state index is -0.523. The van der Waals surface area contributed by atoms with E-state index in [-0.39, 0.29) is 17.9 Å². The van der Waals surface area contributed by atoms with Gasteiger partial charge >= 0.3 is 6.09 Å². The lowest BCUT2D eigenvalue weighted by Gasteiger charge is -2.28. The highest BCUT2D eigenvalue weighted by Crippen LogP contribution is 2.27. The van der Waals surface area contributed by atoms with Gasteiger partial charge in [-0.25, -0.2) is 4.79 Å². The number of nitrogens with zero attached hydrogens (tertiary/aromatic N) is 2. The quantitative estimate of drug-likeness (QED) is 0.780. The number of benzene rings is 2. The van der Waals surface area contributed by atoms with Gasteiger partial charge in [-0.05, 0) is 38.3 Å². The summed E-state index contributed by atoms with van der Waals surface area (Å²) in [6, 6.07) is 19.8. The van der Waals surface area contributed by atoms with Crippen LogP contribution in [0.1, 0.15) is 44.2 Å². The van der Waals surface area contributed by atoms with Gasteiger partial charge in [0.2, 0.25) is 5.91 Å². The molecule has 0 saturated carbocycles. The molecule has 2 aromatic carbocycles. The van der Waals surface area contributed by atoms with E-state index in [0.29, 0.717) is 26.2 Å². The third-order valence-electron chi connectivity index (χ3n) is 4.97. The Morgan fingerprint density at radius 3 is 1.79 bits per heavy atom. The summed E-state index contributed by atoms with van der Waals surface area (Å²) in [5.41, 5.74) is 1.44. The first-order valence-corrected chi connectivity index (χ1v) is 10.2. The Morgan fingerprint density at radius 1 is 0.793 bits per heavy atom. The summed E-state index contributed by atoms with van der Waals surface area (Å²) in [6.45, 7) is 7.81. The molecule has 1 aliphatic rings. The molecule has 0 aromatic heterocycles. The molecule has 154 valence electrons. The third kappa shape index (κ3) is 5.59. The summed E-state index contributed by atoms with van der Waals surface area (Å²) in [6.07, 6.45) is 0.427. The maximum atomic E-state index is 13.5. The molecule has 0 N–H and O–H groups in total. The van der Waals surface area contributed by atoms with Gasteiger partial charge in [0.1, 0.15) is 5.60 Å². The first-order valence-electron chi connectivity index (χ1n) is 10.2. The van der Waals surface area contributed by atoms with E-state index in [1.54, 1.807) is 4.90 Å². The van der Waals surface area contributed by atoms with Gasteiger partial charge in [-0.3, -0.25) is 4.79 Å². The molecule has 0 aliphatic carbocycles. The molecular weight excluding hydrogens is 364 g/mol. The molecule has 2 amide bonds. The van der Waals surface area contributed by atoms with Gasteiger partial charge in [-0.1, -0.05) is 60.7 Å². The number of carbonyl (C=O) groups excluding carboxylic acids is 2. The molecule has 0 spiro atoms. The lowest BCUT2D eigenvalue weighted by molar-refractivity contribution is -0.131. The fourth-order valence-electron chi connectivity index (χ4n) is 3.60. The first-order chi connectivity index (χ1) is 13.8. The van der Waals surface area contributed by atoms with Crippen molar-refractivity contribution in [2.24, 2.45) is 0 Å². The predicted octanol–water partition coefficient (Wildman–Crippen LogP) is 4.29. The first kappa shape index (κ1) is 20.9. The Kier molecular flexibility index (Phi) is 6.57. The molecule has 0 bridgehead atoms. The molecule has 0 radical (unpaired) electrons. The van der Waals surface area contributed by atoms with Crippen LogP contribution in [0.3, 0.4) is 0 Å². The van der Waals surface area contributed by atoms with Crippen molar-refractivity contribution in [2.75, 3.05) is 26.2 Å². The highest BCUT2D eigenvalue weighted by atomic mass is 16.6. The zero-order valence-electron chi connectivity index (χ0n) is 17.5. The van der Waals surface area contributed by atoms with Gasteiger partial charge < -0.3 is 14.5 Å². The molecule has 1 saturated heterocycles. The Hall–Kier alpha value is -2.82. The maximum absolute atomic E-state index is 13.5. The van der Waals surface area contributed by atoms with Crippen LogP contribution < -0.4 is 0 Å². The van der Waals surface area contributed by atoms with Crippen LogP contribution in [-0.2, 0) is 9.53 Å². The van der Waals surface area contributed by atoms with E-state index >= 15 is 0 Å². The van der Waals surface area contributed by atoms with Gasteiger partial charge in [0, 0.05) is 26.2 Å². The molecule has 1 heterocycles. The summed E-state index contributed by atoms with van der Waals surface area (Å²) in [5, 5.41) is 0. The topological polar surface area (TPSA) is 49.9 Å². The molecule has 5 nitrogen and oxygen atoms in total. The van der Waals surface area contributed by atoms with Crippen LogP contribution in [0.5, 0.6) is 0 Å². The van der Waals surface area contributed by atoms with Crippen LogP contribution in [0.2, 0.25) is 0 Å². The Bertz CT molecular complexity index is 776. The minimum absolute atomic E-state index is 0.0773. The van der Waals surface area contributed by atoms with Crippen LogP contribution in [-0.4, -0.2) is 53.6 Å². The third-order valence-corrected chi connectivity index (χ3v) is 4.97. The molecule has 1 fully saturated rings. The van der Waals surface area contributed by atoms with E-state index < -0.39 is 5.60 Å². The van der Waals surface area contributed by atoms with E-state index in [1.807, 2.05) is 86.3 Å². The lowest BCUT2D eigenvalue weighted by Crippen LogP contribution is -2.41. The van der Waals surface area contributed by atoms with E-state index in [4.69, 9.17) is 4.74 Å². The summed E-state index contributed by atoms with van der Waals surface area (Å²) < 4.78 is 5.50. The maximum Gasteiger partial charge on any atom is 0.410 e. The van der Waals surface area contributed by atoms with Crippen molar-refractivity contribution in [2.45, 2.75) is 38.7 Å². The SMILES string of the molecule is CC(C)(C)OC(=O)N1CCCN(C(=O)C(c2ccccc2)c2ccccc2)CC1. The van der Waals surface area contributed by atoms with Crippen LogP contribution >= 0.6 is 0 Å². The number of hydrogen-bond donors (Lipinski definition) is 0. The fraction of sp³-hybridized carbons (Fsp3) is 0.417. The van der Waals surface area contributed by atoms with Gasteiger partial charge in [0.15, 0.2) is 0 Å². The zero-order chi connectivity index (χ0) is 20.9. The predicted molar refractivity (Wildman–Crippen MR) is 114 cm³/mol. The second-order valence-electron chi connectivity index (χ2n) is 8.40. The Morgan fingerprint density at radius 2 is 1.28 bits per heavy atom. The van der Waals surface area contributed by atoms with Crippen molar-refractivity contribution in [1.82, 2.24) is 9.80 Å². The van der Waals surface area contributed by atoms with Crippen LogP contribution in [0, 0.1) is 0 Å². The molecule has 0 atom stereocenters. The number of rotatable bonds is 3. The van der Waals surface area contributed by atoms with Gasteiger partial charge in [0.25, 0.3) is 0 Å². The number of hydrogen-bond acceptors (Lipinski definition) is 3. The molecule has 2 aromatic rings. The normalized spacial score (nSPS) is 15.2. The second kappa shape index (κ2) is 9.12. The summed E-state index contributed by atoms with van der Waals surface area (Å²) >= 11 is 0. The molecule has 1 aliphatic heterocycles. The monoisotopic (exact) mass is 394 g/mol. The van der Waals surface area contributed by atoms with Gasteiger partial charge in [-0.2, -0.15) is 0 Å². The lowest BCUT2D eigenvalue weighted by atomic mass is 9.90. The molecule has 5 heteroatoms. The number of amides is 2. The van der Waals surface area contributed by atoms with Crippen LogP contribution in [0.4, 0.5) is 4.79 Å². The standard InChI is InChI=1S/C24H30N2O3/c1-24(2,3)29-23(28)26-16-10-15-25(17-18-26)22(27)21(19-11-6-4-7-12-19)20-13-8-5-9-14-20/h4-9,11-14,21H,10,15-18H2,1-3H3. The highest BCUT2D eigenvalue weighted by Gasteiger charge is 2.30. The highest BCUT2D eigenvalue weighted by molar-refractivity contribution is 5.87. The molecule has 0 unspecified atom stereocenters. The zero-order valence-corrected chi connectivity index (χ0v) is 17.5. The molecule has 3 rings (SSSR count). The van der Waals surface area contributed by atoms with Gasteiger partial charge in [-0.15, -0.1) is 0 Å². The number of ether oxygens (including phenoxy) is 1. The molecular formula is C24H30N2O3. The Balaban J connectivity index is 1.76. The van der Waals surface area contributed by atoms with Gasteiger partial charge in [0.05, 0.1) is 5.92 Å². The van der Waals surface area contributed by atoms with Crippen LogP contribution in [0.15, 0.2) is 60.7 Å².